The average molecular weight is 337 g/mol. The number of para-hydroxylation sites is 1. The third-order valence-electron chi connectivity index (χ3n) is 4.56. The molecule has 4 nitrogen and oxygen atoms in total. The fourth-order valence-electron chi connectivity index (χ4n) is 3.17. The van der Waals surface area contributed by atoms with Gasteiger partial charge in [-0.15, -0.1) is 12.4 Å². The Labute approximate surface area is 143 Å². The van der Waals surface area contributed by atoms with Gasteiger partial charge in [-0.25, -0.2) is 0 Å². The van der Waals surface area contributed by atoms with Crippen molar-refractivity contribution in [3.63, 3.8) is 0 Å². The first-order chi connectivity index (χ1) is 10.6. The number of aryl methyl sites for hydroxylation is 1. The summed E-state index contributed by atoms with van der Waals surface area (Å²) >= 11 is 0. The van der Waals surface area contributed by atoms with Crippen molar-refractivity contribution in [2.45, 2.75) is 33.2 Å². The number of rotatable bonds is 4. The summed E-state index contributed by atoms with van der Waals surface area (Å²) < 4.78 is 6.06. The molecule has 1 saturated heterocycles. The molecule has 126 valence electrons. The van der Waals surface area contributed by atoms with Gasteiger partial charge in [-0.3, -0.25) is 4.79 Å². The van der Waals surface area contributed by atoms with Crippen molar-refractivity contribution < 1.29 is 9.21 Å². The standard InChI is InChI=1S/C18H24N2O2.ClH/c1-11(2)16(20-18(21)13-8-9-19-10-13)17-12(3)14-6-4-5-7-15(14)22-17;/h4-7,11,13,16,19H,8-10H2,1-3H3,(H,20,21);1H. The summed E-state index contributed by atoms with van der Waals surface area (Å²) in [4.78, 5) is 12.5. The van der Waals surface area contributed by atoms with Gasteiger partial charge in [0, 0.05) is 17.5 Å². The zero-order valence-electron chi connectivity index (χ0n) is 13.9. The third kappa shape index (κ3) is 3.54. The fourth-order valence-corrected chi connectivity index (χ4v) is 3.17. The Morgan fingerprint density at radius 3 is 2.70 bits per heavy atom. The van der Waals surface area contributed by atoms with Gasteiger partial charge in [0.15, 0.2) is 0 Å². The van der Waals surface area contributed by atoms with Crippen LogP contribution < -0.4 is 10.6 Å². The number of carbonyl (C=O) groups excluding carboxylic acids is 1. The van der Waals surface area contributed by atoms with E-state index in [9.17, 15) is 4.79 Å². The highest BCUT2D eigenvalue weighted by atomic mass is 35.5. The van der Waals surface area contributed by atoms with E-state index in [0.29, 0.717) is 0 Å². The van der Waals surface area contributed by atoms with Crippen LogP contribution in [0.4, 0.5) is 0 Å². The number of nitrogens with one attached hydrogen (secondary N) is 2. The minimum Gasteiger partial charge on any atom is -0.459 e. The number of amides is 1. The van der Waals surface area contributed by atoms with Crippen molar-refractivity contribution in [1.29, 1.82) is 0 Å². The fraction of sp³-hybridized carbons (Fsp3) is 0.500. The number of carbonyl (C=O) groups is 1. The minimum absolute atomic E-state index is 0. The Morgan fingerprint density at radius 1 is 1.35 bits per heavy atom. The number of hydrogen-bond acceptors (Lipinski definition) is 3. The quantitative estimate of drug-likeness (QED) is 0.897. The van der Waals surface area contributed by atoms with Crippen molar-refractivity contribution in [3.8, 4) is 0 Å². The van der Waals surface area contributed by atoms with Gasteiger partial charge in [0.05, 0.1) is 12.0 Å². The Kier molecular flexibility index (Phi) is 5.71. The lowest BCUT2D eigenvalue weighted by Gasteiger charge is -2.23. The van der Waals surface area contributed by atoms with Gasteiger partial charge in [0.25, 0.3) is 0 Å². The number of fused-ring (bicyclic) bond motifs is 1. The molecule has 1 fully saturated rings. The van der Waals surface area contributed by atoms with E-state index in [2.05, 4.69) is 37.5 Å². The van der Waals surface area contributed by atoms with E-state index in [-0.39, 0.29) is 36.2 Å². The molecule has 2 N–H and O–H groups in total. The molecule has 1 aliphatic heterocycles. The van der Waals surface area contributed by atoms with Crippen LogP contribution in [0.2, 0.25) is 0 Å². The first kappa shape index (κ1) is 17.8. The van der Waals surface area contributed by atoms with Gasteiger partial charge < -0.3 is 15.1 Å². The van der Waals surface area contributed by atoms with E-state index in [4.69, 9.17) is 4.42 Å². The van der Waals surface area contributed by atoms with E-state index in [1.54, 1.807) is 0 Å². The van der Waals surface area contributed by atoms with Crippen LogP contribution in [0.3, 0.4) is 0 Å². The normalized spacial score (nSPS) is 18.9. The Bertz CT molecular complexity index is 675. The molecule has 1 aromatic heterocycles. The van der Waals surface area contributed by atoms with E-state index in [1.807, 2.05) is 18.2 Å². The Hall–Kier alpha value is -1.52. The molecule has 3 rings (SSSR count). The molecule has 2 aromatic rings. The first-order valence-corrected chi connectivity index (χ1v) is 8.07. The van der Waals surface area contributed by atoms with Crippen molar-refractivity contribution in [1.82, 2.24) is 10.6 Å². The van der Waals surface area contributed by atoms with Crippen LogP contribution in [-0.2, 0) is 4.79 Å². The van der Waals surface area contributed by atoms with Crippen LogP contribution in [0.25, 0.3) is 11.0 Å². The number of furan rings is 1. The van der Waals surface area contributed by atoms with Crippen molar-refractivity contribution in [2.75, 3.05) is 13.1 Å². The van der Waals surface area contributed by atoms with Crippen molar-refractivity contribution in [3.05, 3.63) is 35.6 Å². The lowest BCUT2D eigenvalue weighted by molar-refractivity contribution is -0.125. The molecule has 2 atom stereocenters. The predicted octanol–water partition coefficient (Wildman–Crippen LogP) is 3.59. The maximum absolute atomic E-state index is 12.5. The Balaban J connectivity index is 0.00000192. The summed E-state index contributed by atoms with van der Waals surface area (Å²) in [5, 5.41) is 7.57. The van der Waals surface area contributed by atoms with Crippen molar-refractivity contribution >= 4 is 29.3 Å². The number of halogens is 1. The molecule has 0 radical (unpaired) electrons. The summed E-state index contributed by atoms with van der Waals surface area (Å²) in [7, 11) is 0. The summed E-state index contributed by atoms with van der Waals surface area (Å²) in [5.41, 5.74) is 2.01. The predicted molar refractivity (Wildman–Crippen MR) is 94.9 cm³/mol. The second-order valence-electron chi connectivity index (χ2n) is 6.51. The van der Waals surface area contributed by atoms with Gasteiger partial charge in [0.1, 0.15) is 11.3 Å². The molecule has 0 aliphatic carbocycles. The molecular weight excluding hydrogens is 312 g/mol. The summed E-state index contributed by atoms with van der Waals surface area (Å²) in [6.07, 6.45) is 0.912. The molecule has 5 heteroatoms. The molecule has 1 aliphatic rings. The van der Waals surface area contributed by atoms with Crippen LogP contribution in [0.1, 0.15) is 37.6 Å². The number of hydrogen-bond donors (Lipinski definition) is 2. The minimum atomic E-state index is -0.0829. The van der Waals surface area contributed by atoms with Crippen molar-refractivity contribution in [2.24, 2.45) is 11.8 Å². The number of benzene rings is 1. The van der Waals surface area contributed by atoms with E-state index in [0.717, 1.165) is 41.8 Å². The smallest absolute Gasteiger partial charge is 0.225 e. The van der Waals surface area contributed by atoms with Crippen LogP contribution >= 0.6 is 12.4 Å². The second-order valence-corrected chi connectivity index (χ2v) is 6.51. The topological polar surface area (TPSA) is 54.3 Å². The molecule has 1 aromatic carbocycles. The monoisotopic (exact) mass is 336 g/mol. The summed E-state index contributed by atoms with van der Waals surface area (Å²) in [6, 6.07) is 7.95. The van der Waals surface area contributed by atoms with E-state index in [1.165, 1.54) is 0 Å². The van der Waals surface area contributed by atoms with Gasteiger partial charge in [-0.1, -0.05) is 32.0 Å². The highest BCUT2D eigenvalue weighted by molar-refractivity contribution is 5.85. The highest BCUT2D eigenvalue weighted by Gasteiger charge is 2.29. The second kappa shape index (κ2) is 7.37. The Morgan fingerprint density at radius 2 is 2.09 bits per heavy atom. The lowest BCUT2D eigenvalue weighted by Crippen LogP contribution is -2.37. The molecule has 0 bridgehead atoms. The zero-order chi connectivity index (χ0) is 15.7. The molecule has 23 heavy (non-hydrogen) atoms. The van der Waals surface area contributed by atoms with Gasteiger partial charge in [-0.05, 0) is 31.9 Å². The maximum Gasteiger partial charge on any atom is 0.225 e. The SMILES string of the molecule is Cc1c(C(NC(=O)C2CCNC2)C(C)C)oc2ccccc12.Cl. The molecule has 0 saturated carbocycles. The third-order valence-corrected chi connectivity index (χ3v) is 4.56. The van der Waals surface area contributed by atoms with E-state index >= 15 is 0 Å². The summed E-state index contributed by atoms with van der Waals surface area (Å²) in [5.74, 6) is 1.36. The van der Waals surface area contributed by atoms with Gasteiger partial charge >= 0.3 is 0 Å². The lowest BCUT2D eigenvalue weighted by atomic mass is 9.97. The van der Waals surface area contributed by atoms with Gasteiger partial charge in [-0.2, -0.15) is 0 Å². The molecule has 1 amide bonds. The zero-order valence-corrected chi connectivity index (χ0v) is 14.7. The van der Waals surface area contributed by atoms with Crippen LogP contribution in [0.15, 0.2) is 28.7 Å². The summed E-state index contributed by atoms with van der Waals surface area (Å²) in [6.45, 7) is 8.00. The highest BCUT2D eigenvalue weighted by Crippen LogP contribution is 2.33. The van der Waals surface area contributed by atoms with Crippen LogP contribution in [-0.4, -0.2) is 19.0 Å². The molecule has 2 unspecified atom stereocenters. The molecule has 2 heterocycles. The average Bonchev–Trinajstić information content (AvgIpc) is 3.13. The molecular formula is C18H25ClN2O2. The first-order valence-electron chi connectivity index (χ1n) is 8.07. The van der Waals surface area contributed by atoms with Gasteiger partial charge in [0.2, 0.25) is 5.91 Å². The molecule has 0 spiro atoms. The van der Waals surface area contributed by atoms with Crippen LogP contribution in [0.5, 0.6) is 0 Å². The maximum atomic E-state index is 12.5. The largest absolute Gasteiger partial charge is 0.459 e. The van der Waals surface area contributed by atoms with Crippen LogP contribution in [0, 0.1) is 18.8 Å². The van der Waals surface area contributed by atoms with E-state index < -0.39 is 0 Å².